The van der Waals surface area contributed by atoms with E-state index in [4.69, 9.17) is 9.47 Å². The lowest BCUT2D eigenvalue weighted by molar-refractivity contribution is -0.123. The number of benzene rings is 3. The average molecular weight is 459 g/mol. The largest absolute Gasteiger partial charge is 0.497 e. The lowest BCUT2D eigenvalue weighted by atomic mass is 9.78. The lowest BCUT2D eigenvalue weighted by Crippen LogP contribution is -2.47. The van der Waals surface area contributed by atoms with E-state index < -0.39 is 12.0 Å². The third kappa shape index (κ3) is 4.49. The van der Waals surface area contributed by atoms with Crippen LogP contribution in [0.1, 0.15) is 53.2 Å². The van der Waals surface area contributed by atoms with Crippen molar-refractivity contribution < 1.29 is 19.1 Å². The van der Waals surface area contributed by atoms with Gasteiger partial charge in [-0.05, 0) is 60.0 Å². The van der Waals surface area contributed by atoms with Crippen LogP contribution in [0.2, 0.25) is 0 Å². The van der Waals surface area contributed by atoms with Gasteiger partial charge in [0.25, 0.3) is 5.91 Å². The highest BCUT2D eigenvalue weighted by Gasteiger charge is 2.44. The fourth-order valence-electron chi connectivity index (χ4n) is 4.48. The summed E-state index contributed by atoms with van der Waals surface area (Å²) in [5.41, 5.74) is 2.84. The van der Waals surface area contributed by atoms with Crippen LogP contribution in [-0.4, -0.2) is 32.6 Å². The fraction of sp³-hybridized carbons (Fsp3) is 0.286. The van der Waals surface area contributed by atoms with Gasteiger partial charge in [-0.2, -0.15) is 0 Å². The number of anilines is 1. The average Bonchev–Trinajstić information content (AvgIpc) is 2.89. The number of carbonyl (C=O) groups excluding carboxylic acids is 2. The summed E-state index contributed by atoms with van der Waals surface area (Å²) in [5, 5.41) is 3.10. The molecule has 176 valence electrons. The van der Waals surface area contributed by atoms with Crippen molar-refractivity contribution in [2.45, 2.75) is 31.7 Å². The molecule has 0 aromatic heterocycles. The summed E-state index contributed by atoms with van der Waals surface area (Å²) in [4.78, 5) is 29.2. The maximum absolute atomic E-state index is 13.8. The van der Waals surface area contributed by atoms with Crippen LogP contribution in [0.25, 0.3) is 0 Å². The van der Waals surface area contributed by atoms with Crippen molar-refractivity contribution in [2.24, 2.45) is 0 Å². The Kier molecular flexibility index (Phi) is 7.16. The third-order valence-electron chi connectivity index (χ3n) is 6.26. The van der Waals surface area contributed by atoms with Gasteiger partial charge in [-0.15, -0.1) is 0 Å². The Hall–Kier alpha value is -3.80. The van der Waals surface area contributed by atoms with Gasteiger partial charge >= 0.3 is 0 Å². The molecule has 6 heteroatoms. The summed E-state index contributed by atoms with van der Waals surface area (Å²) in [5.74, 6) is 0.614. The first-order chi connectivity index (χ1) is 16.6. The first kappa shape index (κ1) is 23.4. The standard InChI is InChI=1S/C28H30N2O4/c1-4-5-18-29-27(31)25-23-8-6-7-9-24(23)28(32)30(20-12-16-22(34-3)17-13-20)26(25)19-10-14-21(33-2)15-11-19/h6-17,25-26H,4-5,18H2,1-3H3,(H,29,31)/t25-,26-/m1/s1. The van der Waals surface area contributed by atoms with Gasteiger partial charge in [0.15, 0.2) is 0 Å². The van der Waals surface area contributed by atoms with Gasteiger partial charge in [0.1, 0.15) is 11.5 Å². The van der Waals surface area contributed by atoms with Crippen LogP contribution < -0.4 is 19.7 Å². The van der Waals surface area contributed by atoms with Crippen LogP contribution in [0.5, 0.6) is 11.5 Å². The molecule has 0 saturated heterocycles. The van der Waals surface area contributed by atoms with Crippen molar-refractivity contribution in [1.29, 1.82) is 0 Å². The molecule has 0 spiro atoms. The molecule has 1 aliphatic rings. The third-order valence-corrected chi connectivity index (χ3v) is 6.26. The zero-order valence-electron chi connectivity index (χ0n) is 19.8. The predicted molar refractivity (Wildman–Crippen MR) is 133 cm³/mol. The molecular formula is C28H30N2O4. The first-order valence-electron chi connectivity index (χ1n) is 11.6. The van der Waals surface area contributed by atoms with Gasteiger partial charge in [0.2, 0.25) is 5.91 Å². The van der Waals surface area contributed by atoms with E-state index in [1.54, 1.807) is 25.2 Å². The van der Waals surface area contributed by atoms with Crippen LogP contribution in [0.15, 0.2) is 72.8 Å². The van der Waals surface area contributed by atoms with E-state index in [9.17, 15) is 9.59 Å². The molecule has 34 heavy (non-hydrogen) atoms. The van der Waals surface area contributed by atoms with Crippen LogP contribution in [-0.2, 0) is 4.79 Å². The topological polar surface area (TPSA) is 67.9 Å². The van der Waals surface area contributed by atoms with Crippen molar-refractivity contribution in [2.75, 3.05) is 25.7 Å². The normalized spacial score (nSPS) is 17.1. The molecule has 0 radical (unpaired) electrons. The van der Waals surface area contributed by atoms with Crippen LogP contribution in [0, 0.1) is 0 Å². The van der Waals surface area contributed by atoms with Gasteiger partial charge in [0.05, 0.1) is 26.2 Å². The number of ether oxygens (including phenoxy) is 2. The molecule has 0 saturated carbocycles. The molecule has 2 amide bonds. The zero-order valence-corrected chi connectivity index (χ0v) is 19.8. The monoisotopic (exact) mass is 458 g/mol. The Morgan fingerprint density at radius 2 is 1.53 bits per heavy atom. The first-order valence-corrected chi connectivity index (χ1v) is 11.6. The molecule has 4 rings (SSSR count). The number of methoxy groups -OCH3 is 2. The minimum atomic E-state index is -0.568. The number of hydrogen-bond acceptors (Lipinski definition) is 4. The summed E-state index contributed by atoms with van der Waals surface area (Å²) in [6.07, 6.45) is 1.88. The van der Waals surface area contributed by atoms with Gasteiger partial charge in [-0.25, -0.2) is 0 Å². The second-order valence-corrected chi connectivity index (χ2v) is 8.30. The fourth-order valence-corrected chi connectivity index (χ4v) is 4.48. The van der Waals surface area contributed by atoms with Gasteiger partial charge in [-0.1, -0.05) is 43.7 Å². The molecule has 3 aromatic carbocycles. The smallest absolute Gasteiger partial charge is 0.259 e. The van der Waals surface area contributed by atoms with E-state index in [-0.39, 0.29) is 11.8 Å². The maximum Gasteiger partial charge on any atom is 0.259 e. The number of hydrogen-bond donors (Lipinski definition) is 1. The Morgan fingerprint density at radius 3 is 2.15 bits per heavy atom. The van der Waals surface area contributed by atoms with Gasteiger partial charge in [-0.3, -0.25) is 14.5 Å². The van der Waals surface area contributed by atoms with E-state index in [1.165, 1.54) is 0 Å². The number of rotatable bonds is 8. The van der Waals surface area contributed by atoms with Crippen molar-refractivity contribution >= 4 is 17.5 Å². The summed E-state index contributed by atoms with van der Waals surface area (Å²) >= 11 is 0. The van der Waals surface area contributed by atoms with Gasteiger partial charge < -0.3 is 14.8 Å². The summed E-state index contributed by atoms with van der Waals surface area (Å²) < 4.78 is 10.6. The molecule has 6 nitrogen and oxygen atoms in total. The van der Waals surface area contributed by atoms with E-state index in [2.05, 4.69) is 12.2 Å². The summed E-state index contributed by atoms with van der Waals surface area (Å²) in [6, 6.07) is 21.8. The van der Waals surface area contributed by atoms with Crippen LogP contribution >= 0.6 is 0 Å². The highest BCUT2D eigenvalue weighted by atomic mass is 16.5. The minimum Gasteiger partial charge on any atom is -0.497 e. The van der Waals surface area contributed by atoms with E-state index >= 15 is 0 Å². The Bertz CT molecular complexity index is 1140. The number of nitrogens with zero attached hydrogens (tertiary/aromatic N) is 1. The molecule has 3 aromatic rings. The van der Waals surface area contributed by atoms with E-state index in [0.717, 1.165) is 24.0 Å². The molecule has 1 heterocycles. The molecular weight excluding hydrogens is 428 g/mol. The quantitative estimate of drug-likeness (QED) is 0.477. The number of amides is 2. The van der Waals surface area contributed by atoms with E-state index in [0.29, 0.717) is 29.3 Å². The minimum absolute atomic E-state index is 0.0901. The second-order valence-electron chi connectivity index (χ2n) is 8.30. The second kappa shape index (κ2) is 10.4. The molecule has 0 aliphatic carbocycles. The van der Waals surface area contributed by atoms with E-state index in [1.807, 2.05) is 66.7 Å². The molecule has 0 bridgehead atoms. The predicted octanol–water partition coefficient (Wildman–Crippen LogP) is 5.11. The van der Waals surface area contributed by atoms with Crippen molar-refractivity contribution in [1.82, 2.24) is 5.32 Å². The highest BCUT2D eigenvalue weighted by Crippen LogP contribution is 2.45. The van der Waals surface area contributed by atoms with Crippen LogP contribution in [0.3, 0.4) is 0 Å². The highest BCUT2D eigenvalue weighted by molar-refractivity contribution is 6.11. The maximum atomic E-state index is 13.8. The molecule has 0 fully saturated rings. The number of carbonyl (C=O) groups is 2. The number of unbranched alkanes of at least 4 members (excludes halogenated alkanes) is 1. The zero-order chi connectivity index (χ0) is 24.1. The molecule has 1 N–H and O–H groups in total. The number of fused-ring (bicyclic) bond motifs is 1. The molecule has 1 aliphatic heterocycles. The van der Waals surface area contributed by atoms with Crippen molar-refractivity contribution in [3.63, 3.8) is 0 Å². The summed E-state index contributed by atoms with van der Waals surface area (Å²) in [7, 11) is 3.22. The SMILES string of the molecule is CCCCNC(=O)[C@@H]1c2ccccc2C(=O)N(c2ccc(OC)cc2)[C@@H]1c1ccc(OC)cc1. The van der Waals surface area contributed by atoms with Gasteiger partial charge in [0, 0.05) is 17.8 Å². The Balaban J connectivity index is 1.88. The number of nitrogens with one attached hydrogen (secondary N) is 1. The molecule has 2 atom stereocenters. The molecule has 0 unspecified atom stereocenters. The Morgan fingerprint density at radius 1 is 0.912 bits per heavy atom. The lowest BCUT2D eigenvalue weighted by Gasteiger charge is -2.42. The van der Waals surface area contributed by atoms with Crippen LogP contribution in [0.4, 0.5) is 5.69 Å². The summed E-state index contributed by atoms with van der Waals surface area (Å²) in [6.45, 7) is 2.69. The van der Waals surface area contributed by atoms with Crippen molar-refractivity contribution in [3.8, 4) is 11.5 Å². The van der Waals surface area contributed by atoms with Crippen molar-refractivity contribution in [3.05, 3.63) is 89.5 Å². The Labute approximate surface area is 200 Å².